The third-order valence-corrected chi connectivity index (χ3v) is 6.87. The number of ether oxygens (including phenoxy) is 1. The van der Waals surface area contributed by atoms with E-state index in [2.05, 4.69) is 5.32 Å². The van der Waals surface area contributed by atoms with Crippen molar-refractivity contribution < 1.29 is 22.7 Å². The summed E-state index contributed by atoms with van der Waals surface area (Å²) in [7, 11) is -3.57. The summed E-state index contributed by atoms with van der Waals surface area (Å²) in [6, 6.07) is 12.5. The summed E-state index contributed by atoms with van der Waals surface area (Å²) < 4.78 is 32.4. The minimum Gasteiger partial charge on any atom is -0.426 e. The highest BCUT2D eigenvalue weighted by Gasteiger charge is 2.30. The summed E-state index contributed by atoms with van der Waals surface area (Å²) in [6.45, 7) is 3.71. The molecule has 1 fully saturated rings. The number of benzene rings is 2. The van der Waals surface area contributed by atoms with Crippen molar-refractivity contribution >= 4 is 27.6 Å². The van der Waals surface area contributed by atoms with E-state index in [1.807, 2.05) is 6.92 Å². The molecule has 0 radical (unpaired) electrons. The van der Waals surface area contributed by atoms with Gasteiger partial charge in [-0.15, -0.1) is 0 Å². The second-order valence-corrected chi connectivity index (χ2v) is 8.92. The largest absolute Gasteiger partial charge is 0.426 e. The lowest BCUT2D eigenvalue weighted by Gasteiger charge is -2.32. The zero-order chi connectivity index (χ0) is 21.0. The Morgan fingerprint density at radius 2 is 1.76 bits per heavy atom. The number of rotatable bonds is 5. The van der Waals surface area contributed by atoms with Gasteiger partial charge in [-0.05, 0) is 56.2 Å². The molecule has 1 unspecified atom stereocenters. The van der Waals surface area contributed by atoms with Crippen LogP contribution in [0.5, 0.6) is 5.75 Å². The molecule has 8 heteroatoms. The van der Waals surface area contributed by atoms with Crippen molar-refractivity contribution in [2.24, 2.45) is 0 Å². The van der Waals surface area contributed by atoms with Crippen LogP contribution in [0.3, 0.4) is 0 Å². The number of para-hydroxylation sites is 1. The maximum atomic E-state index is 12.9. The second kappa shape index (κ2) is 8.75. The van der Waals surface area contributed by atoms with Crippen molar-refractivity contribution in [1.82, 2.24) is 4.31 Å². The van der Waals surface area contributed by atoms with Crippen molar-refractivity contribution in [3.63, 3.8) is 0 Å². The Morgan fingerprint density at radius 1 is 1.07 bits per heavy atom. The van der Waals surface area contributed by atoms with E-state index in [0.29, 0.717) is 12.2 Å². The van der Waals surface area contributed by atoms with E-state index < -0.39 is 21.9 Å². The molecule has 1 heterocycles. The molecule has 3 rings (SSSR count). The van der Waals surface area contributed by atoms with Crippen molar-refractivity contribution in [2.45, 2.75) is 44.0 Å². The number of amides is 1. The monoisotopic (exact) mass is 416 g/mol. The highest BCUT2D eigenvalue weighted by Crippen LogP contribution is 2.26. The van der Waals surface area contributed by atoms with Crippen LogP contribution in [-0.2, 0) is 14.8 Å². The lowest BCUT2D eigenvalue weighted by atomic mass is 10.1. The standard InChI is InChI=1S/C21H24N2O5S/c1-15-7-5-6-14-23(15)29(26,27)18-12-10-17(11-13-18)22-21(25)19-8-3-4-9-20(19)28-16(2)24/h3-4,8-13,15H,5-7,14H2,1-2H3,(H,22,25). The zero-order valence-electron chi connectivity index (χ0n) is 16.4. The number of carbonyl (C=O) groups is 2. The van der Waals surface area contributed by atoms with Crippen LogP contribution >= 0.6 is 0 Å². The molecular weight excluding hydrogens is 392 g/mol. The summed E-state index contributed by atoms with van der Waals surface area (Å²) in [5.41, 5.74) is 0.653. The second-order valence-electron chi connectivity index (χ2n) is 7.03. The Balaban J connectivity index is 1.76. The fourth-order valence-electron chi connectivity index (χ4n) is 3.37. The highest BCUT2D eigenvalue weighted by atomic mass is 32.2. The Hall–Kier alpha value is -2.71. The smallest absolute Gasteiger partial charge is 0.308 e. The van der Waals surface area contributed by atoms with E-state index >= 15 is 0 Å². The highest BCUT2D eigenvalue weighted by molar-refractivity contribution is 7.89. The fraction of sp³-hybridized carbons (Fsp3) is 0.333. The van der Waals surface area contributed by atoms with Crippen molar-refractivity contribution in [3.8, 4) is 5.75 Å². The fourth-order valence-corrected chi connectivity index (χ4v) is 5.07. The molecule has 0 saturated carbocycles. The quantitative estimate of drug-likeness (QED) is 0.595. The van der Waals surface area contributed by atoms with Gasteiger partial charge < -0.3 is 10.1 Å². The molecule has 154 valence electrons. The Bertz CT molecular complexity index is 1000. The number of sulfonamides is 1. The number of carbonyl (C=O) groups excluding carboxylic acids is 2. The minimum atomic E-state index is -3.57. The van der Waals surface area contributed by atoms with Gasteiger partial charge in [0.15, 0.2) is 0 Å². The molecule has 1 amide bonds. The number of nitrogens with zero attached hydrogens (tertiary/aromatic N) is 1. The van der Waals surface area contributed by atoms with Crippen LogP contribution in [0.1, 0.15) is 43.5 Å². The third-order valence-electron chi connectivity index (χ3n) is 4.85. The van der Waals surface area contributed by atoms with Gasteiger partial charge in [0.25, 0.3) is 5.91 Å². The van der Waals surface area contributed by atoms with E-state index in [0.717, 1.165) is 19.3 Å². The lowest BCUT2D eigenvalue weighted by Crippen LogP contribution is -2.41. The molecule has 0 spiro atoms. The molecule has 29 heavy (non-hydrogen) atoms. The molecule has 2 aromatic rings. The first kappa shape index (κ1) is 21.0. The summed E-state index contributed by atoms with van der Waals surface area (Å²) in [5.74, 6) is -0.815. The van der Waals surface area contributed by atoms with Crippen LogP contribution in [0.4, 0.5) is 5.69 Å². The molecule has 1 saturated heterocycles. The minimum absolute atomic E-state index is 0.0223. The first-order chi connectivity index (χ1) is 13.8. The summed E-state index contributed by atoms with van der Waals surface area (Å²) in [5, 5.41) is 2.70. The van der Waals surface area contributed by atoms with E-state index in [-0.39, 0.29) is 22.3 Å². The van der Waals surface area contributed by atoms with Crippen LogP contribution in [-0.4, -0.2) is 37.2 Å². The zero-order valence-corrected chi connectivity index (χ0v) is 17.2. The lowest BCUT2D eigenvalue weighted by molar-refractivity contribution is -0.131. The van der Waals surface area contributed by atoms with Crippen LogP contribution in [0.25, 0.3) is 0 Å². The number of anilines is 1. The maximum absolute atomic E-state index is 12.9. The average Bonchev–Trinajstić information content (AvgIpc) is 2.68. The number of nitrogens with one attached hydrogen (secondary N) is 1. The average molecular weight is 416 g/mol. The number of esters is 1. The molecular formula is C21H24N2O5S. The Labute approximate surface area is 170 Å². The van der Waals surface area contributed by atoms with Crippen molar-refractivity contribution in [3.05, 3.63) is 54.1 Å². The number of hydrogen-bond donors (Lipinski definition) is 1. The van der Waals surface area contributed by atoms with Gasteiger partial charge in [-0.25, -0.2) is 8.42 Å². The van der Waals surface area contributed by atoms with Gasteiger partial charge >= 0.3 is 5.97 Å². The van der Waals surface area contributed by atoms with Crippen LogP contribution in [0.2, 0.25) is 0 Å². The molecule has 1 aliphatic rings. The predicted octanol–water partition coefficient (Wildman–Crippen LogP) is 3.43. The van der Waals surface area contributed by atoms with Gasteiger partial charge in [-0.1, -0.05) is 18.6 Å². The molecule has 1 atom stereocenters. The molecule has 7 nitrogen and oxygen atoms in total. The van der Waals surface area contributed by atoms with Crippen LogP contribution < -0.4 is 10.1 Å². The van der Waals surface area contributed by atoms with Crippen molar-refractivity contribution in [2.75, 3.05) is 11.9 Å². The Kier molecular flexibility index (Phi) is 6.34. The maximum Gasteiger partial charge on any atom is 0.308 e. The van der Waals surface area contributed by atoms with Crippen molar-refractivity contribution in [1.29, 1.82) is 0 Å². The molecule has 0 aromatic heterocycles. The number of piperidine rings is 1. The molecule has 0 bridgehead atoms. The molecule has 0 aliphatic carbocycles. The summed E-state index contributed by atoms with van der Waals surface area (Å²) >= 11 is 0. The molecule has 1 N–H and O–H groups in total. The summed E-state index contributed by atoms with van der Waals surface area (Å²) in [6.07, 6.45) is 2.75. The van der Waals surface area contributed by atoms with E-state index in [1.165, 1.54) is 25.1 Å². The topological polar surface area (TPSA) is 92.8 Å². The molecule has 2 aromatic carbocycles. The summed E-state index contributed by atoms with van der Waals surface area (Å²) in [4.78, 5) is 24.0. The van der Waals surface area contributed by atoms with E-state index in [1.54, 1.807) is 34.6 Å². The van der Waals surface area contributed by atoms with E-state index in [9.17, 15) is 18.0 Å². The third kappa shape index (κ3) is 4.83. The van der Waals surface area contributed by atoms with Crippen LogP contribution in [0.15, 0.2) is 53.4 Å². The van der Waals surface area contributed by atoms with Gasteiger partial charge in [0, 0.05) is 25.2 Å². The number of hydrogen-bond acceptors (Lipinski definition) is 5. The Morgan fingerprint density at radius 3 is 2.41 bits per heavy atom. The van der Waals surface area contributed by atoms with Gasteiger partial charge in [0.1, 0.15) is 5.75 Å². The first-order valence-electron chi connectivity index (χ1n) is 9.50. The first-order valence-corrected chi connectivity index (χ1v) is 10.9. The van der Waals surface area contributed by atoms with Gasteiger partial charge in [0.05, 0.1) is 10.5 Å². The van der Waals surface area contributed by atoms with Crippen LogP contribution in [0, 0.1) is 0 Å². The SMILES string of the molecule is CC(=O)Oc1ccccc1C(=O)Nc1ccc(S(=O)(=O)N2CCCCC2C)cc1. The van der Waals surface area contributed by atoms with Gasteiger partial charge in [-0.2, -0.15) is 4.31 Å². The van der Waals surface area contributed by atoms with E-state index in [4.69, 9.17) is 4.74 Å². The molecule has 1 aliphatic heterocycles. The van der Waals surface area contributed by atoms with Gasteiger partial charge in [0.2, 0.25) is 10.0 Å². The normalized spacial score (nSPS) is 17.5. The predicted molar refractivity (Wildman–Crippen MR) is 109 cm³/mol. The van der Waals surface area contributed by atoms with Gasteiger partial charge in [-0.3, -0.25) is 9.59 Å².